The van der Waals surface area contributed by atoms with Gasteiger partial charge in [0.05, 0.1) is 11.5 Å². The molecule has 1 aromatic carbocycles. The van der Waals surface area contributed by atoms with Gasteiger partial charge in [0.25, 0.3) is 0 Å². The molecule has 2 atom stereocenters. The summed E-state index contributed by atoms with van der Waals surface area (Å²) in [6, 6.07) is 9.42. The van der Waals surface area contributed by atoms with Gasteiger partial charge in [-0.25, -0.2) is 0 Å². The molecule has 0 radical (unpaired) electrons. The Bertz CT molecular complexity index is 866. The van der Waals surface area contributed by atoms with E-state index in [1.807, 2.05) is 13.8 Å². The predicted molar refractivity (Wildman–Crippen MR) is 162 cm³/mol. The van der Waals surface area contributed by atoms with Crippen LogP contribution in [0.2, 0.25) is 0 Å². The summed E-state index contributed by atoms with van der Waals surface area (Å²) in [5.74, 6) is 0.407. The van der Waals surface area contributed by atoms with Crippen molar-refractivity contribution in [1.29, 1.82) is 0 Å². The maximum atomic E-state index is 13.3. The molecule has 0 bridgehead atoms. The number of carbonyl (C=O) groups excluding carboxylic acids is 1. The lowest BCUT2D eigenvalue weighted by molar-refractivity contribution is -0.169. The normalized spacial score (nSPS) is 16.5. The van der Waals surface area contributed by atoms with Crippen LogP contribution in [0.3, 0.4) is 0 Å². The monoisotopic (exact) mass is 514 g/mol. The Morgan fingerprint density at radius 3 is 1.62 bits per heavy atom. The zero-order valence-electron chi connectivity index (χ0n) is 27.6. The largest absolute Gasteiger partial charge is 0.463 e. The molecule has 37 heavy (non-hydrogen) atoms. The fourth-order valence-electron chi connectivity index (χ4n) is 5.54. The van der Waals surface area contributed by atoms with Crippen LogP contribution in [-0.2, 0) is 14.9 Å². The summed E-state index contributed by atoms with van der Waals surface area (Å²) in [6.07, 6.45) is 4.05. The number of hydrogen-bond acceptors (Lipinski definition) is 2. The van der Waals surface area contributed by atoms with Crippen molar-refractivity contribution in [1.82, 2.24) is 0 Å². The van der Waals surface area contributed by atoms with E-state index in [4.69, 9.17) is 4.74 Å². The molecule has 0 fully saturated rings. The van der Waals surface area contributed by atoms with E-state index < -0.39 is 5.41 Å². The second-order valence-corrected chi connectivity index (χ2v) is 17.1. The SMILES string of the molecule is CC(C)OC(=O)C(C)(CC(C)(C)CCC(C)(C)C(CC(C)(C)C)c1ccc(C(C)(C)C)cc1)C(C)(C)C. The second kappa shape index (κ2) is 11.4. The Morgan fingerprint density at radius 2 is 1.24 bits per heavy atom. The van der Waals surface area contributed by atoms with Crippen molar-refractivity contribution < 1.29 is 9.53 Å². The molecule has 1 rings (SSSR count). The van der Waals surface area contributed by atoms with E-state index >= 15 is 0 Å². The molecule has 1 aromatic rings. The quantitative estimate of drug-likeness (QED) is 0.290. The van der Waals surface area contributed by atoms with Gasteiger partial charge in [-0.15, -0.1) is 0 Å². The van der Waals surface area contributed by atoms with Crippen LogP contribution >= 0.6 is 0 Å². The summed E-state index contributed by atoms with van der Waals surface area (Å²) in [4.78, 5) is 13.3. The third kappa shape index (κ3) is 9.74. The predicted octanol–water partition coefficient (Wildman–Crippen LogP) is 10.7. The average Bonchev–Trinajstić information content (AvgIpc) is 2.68. The number of hydrogen-bond donors (Lipinski definition) is 0. The van der Waals surface area contributed by atoms with Crippen LogP contribution in [0.5, 0.6) is 0 Å². The number of ether oxygens (including phenoxy) is 1. The molecular weight excluding hydrogens is 452 g/mol. The molecule has 214 valence electrons. The van der Waals surface area contributed by atoms with E-state index in [-0.39, 0.29) is 39.1 Å². The summed E-state index contributed by atoms with van der Waals surface area (Å²) in [7, 11) is 0. The Morgan fingerprint density at radius 1 is 0.757 bits per heavy atom. The molecule has 0 amide bonds. The minimum absolute atomic E-state index is 0.0116. The molecule has 0 N–H and O–H groups in total. The third-order valence-electron chi connectivity index (χ3n) is 8.67. The van der Waals surface area contributed by atoms with Crippen LogP contribution in [0, 0.1) is 27.1 Å². The maximum absolute atomic E-state index is 13.3. The van der Waals surface area contributed by atoms with Gasteiger partial charge in [0.2, 0.25) is 0 Å². The first-order valence-corrected chi connectivity index (χ1v) is 14.6. The maximum Gasteiger partial charge on any atom is 0.312 e. The van der Waals surface area contributed by atoms with Gasteiger partial charge in [-0.3, -0.25) is 4.79 Å². The molecule has 0 aliphatic carbocycles. The zero-order valence-corrected chi connectivity index (χ0v) is 27.6. The third-order valence-corrected chi connectivity index (χ3v) is 8.67. The first-order chi connectivity index (χ1) is 16.3. The highest BCUT2D eigenvalue weighted by Gasteiger charge is 2.49. The van der Waals surface area contributed by atoms with E-state index in [2.05, 4.69) is 121 Å². The van der Waals surface area contributed by atoms with E-state index in [1.54, 1.807) is 0 Å². The summed E-state index contributed by atoms with van der Waals surface area (Å²) in [5.41, 5.74) is 2.65. The van der Waals surface area contributed by atoms with Crippen molar-refractivity contribution in [2.24, 2.45) is 27.1 Å². The highest BCUT2D eigenvalue weighted by Crippen LogP contribution is 2.52. The Balaban J connectivity index is 3.24. The van der Waals surface area contributed by atoms with Gasteiger partial charge in [0.1, 0.15) is 0 Å². The lowest BCUT2D eigenvalue weighted by atomic mass is 9.58. The van der Waals surface area contributed by atoms with Gasteiger partial charge in [-0.2, -0.15) is 0 Å². The van der Waals surface area contributed by atoms with Gasteiger partial charge in [0, 0.05) is 0 Å². The molecule has 2 heteroatoms. The number of esters is 1. The molecule has 0 spiro atoms. The smallest absolute Gasteiger partial charge is 0.312 e. The molecule has 0 aliphatic rings. The highest BCUT2D eigenvalue weighted by molar-refractivity contribution is 5.77. The molecule has 0 aromatic heterocycles. The lowest BCUT2D eigenvalue weighted by Crippen LogP contribution is -2.45. The van der Waals surface area contributed by atoms with Crippen LogP contribution in [0.15, 0.2) is 24.3 Å². The van der Waals surface area contributed by atoms with Crippen molar-refractivity contribution in [3.63, 3.8) is 0 Å². The molecule has 0 saturated heterocycles. The van der Waals surface area contributed by atoms with Crippen LogP contribution in [0.1, 0.15) is 154 Å². The number of benzene rings is 1. The van der Waals surface area contributed by atoms with Crippen LogP contribution in [0.4, 0.5) is 0 Å². The summed E-state index contributed by atoms with van der Waals surface area (Å²) in [6.45, 7) is 36.0. The van der Waals surface area contributed by atoms with Crippen molar-refractivity contribution in [2.75, 3.05) is 0 Å². The van der Waals surface area contributed by atoms with Crippen molar-refractivity contribution in [3.8, 4) is 0 Å². The Kier molecular flexibility index (Phi) is 10.4. The molecule has 0 saturated carbocycles. The minimum atomic E-state index is -0.543. The van der Waals surface area contributed by atoms with Crippen molar-refractivity contribution in [2.45, 2.75) is 154 Å². The fourth-order valence-corrected chi connectivity index (χ4v) is 5.54. The van der Waals surface area contributed by atoms with Gasteiger partial charge in [-0.05, 0) is 90.6 Å². The van der Waals surface area contributed by atoms with Crippen molar-refractivity contribution >= 4 is 5.97 Å². The molecule has 0 aliphatic heterocycles. The van der Waals surface area contributed by atoms with E-state index in [1.165, 1.54) is 11.1 Å². The van der Waals surface area contributed by atoms with Crippen LogP contribution < -0.4 is 0 Å². The molecule has 0 heterocycles. The topological polar surface area (TPSA) is 26.3 Å². The Hall–Kier alpha value is -1.31. The fraction of sp³-hybridized carbons (Fsp3) is 0.800. The summed E-state index contributed by atoms with van der Waals surface area (Å²) >= 11 is 0. The number of carbonyl (C=O) groups is 1. The zero-order chi connectivity index (χ0) is 29.3. The van der Waals surface area contributed by atoms with E-state index in [0.29, 0.717) is 5.92 Å². The van der Waals surface area contributed by atoms with Gasteiger partial charge < -0.3 is 4.74 Å². The first kappa shape index (κ1) is 33.7. The molecule has 2 nitrogen and oxygen atoms in total. The van der Waals surface area contributed by atoms with E-state index in [9.17, 15) is 4.79 Å². The molecule has 2 unspecified atom stereocenters. The summed E-state index contributed by atoms with van der Waals surface area (Å²) in [5, 5.41) is 0. The average molecular weight is 515 g/mol. The second-order valence-electron chi connectivity index (χ2n) is 17.1. The highest BCUT2D eigenvalue weighted by atomic mass is 16.5. The summed E-state index contributed by atoms with van der Waals surface area (Å²) < 4.78 is 5.78. The van der Waals surface area contributed by atoms with Crippen LogP contribution in [-0.4, -0.2) is 12.1 Å². The first-order valence-electron chi connectivity index (χ1n) is 14.6. The van der Waals surface area contributed by atoms with E-state index in [0.717, 1.165) is 25.7 Å². The molecular formula is C35H62O2. The number of rotatable bonds is 10. The van der Waals surface area contributed by atoms with Gasteiger partial charge >= 0.3 is 5.97 Å². The van der Waals surface area contributed by atoms with Crippen LogP contribution in [0.25, 0.3) is 0 Å². The standard InChI is InChI=1S/C35H62O2/c1-25(2)37-29(36)35(16,32(9,10)11)24-33(12,13)21-22-34(14,15)28(23-30(3,4)5)26-17-19-27(20-18-26)31(6,7)8/h17-20,25,28H,21-24H2,1-16H3. The lowest BCUT2D eigenvalue weighted by Gasteiger charge is -2.46. The Labute approximate surface area is 231 Å². The minimum Gasteiger partial charge on any atom is -0.463 e. The van der Waals surface area contributed by atoms with Crippen molar-refractivity contribution in [3.05, 3.63) is 35.4 Å². The van der Waals surface area contributed by atoms with Gasteiger partial charge in [0.15, 0.2) is 0 Å². The van der Waals surface area contributed by atoms with Gasteiger partial charge in [-0.1, -0.05) is 114 Å².